The molecule has 0 aliphatic carbocycles. The molecule has 1 aromatic carbocycles. The van der Waals surface area contributed by atoms with Crippen LogP contribution in [0.15, 0.2) is 61.2 Å². The first-order valence-corrected chi connectivity index (χ1v) is 6.21. The Morgan fingerprint density at radius 2 is 1.68 bits per heavy atom. The Kier molecular flexibility index (Phi) is 3.32. The molecule has 4 nitrogen and oxygen atoms in total. The van der Waals surface area contributed by atoms with Gasteiger partial charge >= 0.3 is 0 Å². The molecule has 0 saturated heterocycles. The number of hydrogen-bond acceptors (Lipinski definition) is 3. The summed E-state index contributed by atoms with van der Waals surface area (Å²) in [6.07, 6.45) is 6.18. The largest absolute Gasteiger partial charge is 0.313 e. The van der Waals surface area contributed by atoms with E-state index in [1.807, 2.05) is 30.3 Å². The second-order valence-electron chi connectivity index (χ2n) is 4.39. The zero-order valence-electron chi connectivity index (χ0n) is 10.5. The van der Waals surface area contributed by atoms with Gasteiger partial charge in [-0.3, -0.25) is 4.98 Å². The Morgan fingerprint density at radius 1 is 0.895 bits per heavy atom. The van der Waals surface area contributed by atoms with Crippen molar-refractivity contribution in [1.29, 1.82) is 0 Å². The number of hydrogen-bond donors (Lipinski definition) is 0. The van der Waals surface area contributed by atoms with Crippen LogP contribution in [-0.4, -0.2) is 19.7 Å². The maximum absolute atomic E-state index is 4.20. The van der Waals surface area contributed by atoms with E-state index in [1.54, 1.807) is 18.7 Å². The molecule has 0 bridgehead atoms. The summed E-state index contributed by atoms with van der Waals surface area (Å²) in [5, 5.41) is 8.22. The maximum Gasteiger partial charge on any atom is 0.137 e. The molecule has 0 aliphatic heterocycles. The van der Waals surface area contributed by atoms with Gasteiger partial charge in [-0.1, -0.05) is 30.3 Å². The van der Waals surface area contributed by atoms with Crippen molar-refractivity contribution in [2.75, 3.05) is 0 Å². The van der Waals surface area contributed by atoms with E-state index in [0.29, 0.717) is 0 Å². The molecule has 0 saturated carbocycles. The lowest BCUT2D eigenvalue weighted by atomic mass is 10.1. The Labute approximate surface area is 111 Å². The van der Waals surface area contributed by atoms with E-state index in [2.05, 4.69) is 31.9 Å². The van der Waals surface area contributed by atoms with Gasteiger partial charge in [0.1, 0.15) is 12.2 Å². The minimum Gasteiger partial charge on any atom is -0.313 e. The van der Waals surface area contributed by atoms with Crippen molar-refractivity contribution in [3.05, 3.63) is 78.1 Å². The predicted molar refractivity (Wildman–Crippen MR) is 72.6 cm³/mol. The Balaban J connectivity index is 1.79. The summed E-state index contributed by atoms with van der Waals surface area (Å²) in [4.78, 5) is 4.02. The Hall–Kier alpha value is -2.49. The molecule has 0 amide bonds. The average Bonchev–Trinajstić information content (AvgIpc) is 2.88. The van der Waals surface area contributed by atoms with Gasteiger partial charge in [-0.25, -0.2) is 0 Å². The third kappa shape index (κ3) is 2.85. The number of rotatable bonds is 4. The van der Waals surface area contributed by atoms with Crippen LogP contribution in [0.5, 0.6) is 0 Å². The summed E-state index contributed by atoms with van der Waals surface area (Å²) in [5.74, 6) is 0.975. The standard InChI is InChI=1S/C15H14N4/c1-2-4-13(5-3-1)10-15-18-17-12-19(15)11-14-6-8-16-9-7-14/h1-9,12H,10-11H2. The number of pyridine rings is 1. The van der Waals surface area contributed by atoms with Crippen LogP contribution in [0.3, 0.4) is 0 Å². The minimum atomic E-state index is 0.775. The molecule has 0 fully saturated rings. The number of nitrogens with zero attached hydrogens (tertiary/aromatic N) is 4. The molecule has 4 heteroatoms. The van der Waals surface area contributed by atoms with Crippen LogP contribution >= 0.6 is 0 Å². The fourth-order valence-corrected chi connectivity index (χ4v) is 2.01. The normalized spacial score (nSPS) is 10.5. The third-order valence-electron chi connectivity index (χ3n) is 3.00. The molecular weight excluding hydrogens is 236 g/mol. The zero-order chi connectivity index (χ0) is 12.9. The maximum atomic E-state index is 4.20. The second-order valence-corrected chi connectivity index (χ2v) is 4.39. The van der Waals surface area contributed by atoms with E-state index < -0.39 is 0 Å². The van der Waals surface area contributed by atoms with Gasteiger partial charge in [0.05, 0.1) is 6.54 Å². The van der Waals surface area contributed by atoms with Gasteiger partial charge in [-0.15, -0.1) is 10.2 Å². The summed E-state index contributed by atoms with van der Waals surface area (Å²) in [6.45, 7) is 0.775. The predicted octanol–water partition coefficient (Wildman–Crippen LogP) is 2.31. The van der Waals surface area contributed by atoms with Crippen LogP contribution in [0, 0.1) is 0 Å². The van der Waals surface area contributed by atoms with E-state index in [0.717, 1.165) is 18.8 Å². The van der Waals surface area contributed by atoms with Crippen LogP contribution in [0.2, 0.25) is 0 Å². The van der Waals surface area contributed by atoms with E-state index in [1.165, 1.54) is 11.1 Å². The topological polar surface area (TPSA) is 43.6 Å². The van der Waals surface area contributed by atoms with Gasteiger partial charge in [0.15, 0.2) is 0 Å². The van der Waals surface area contributed by atoms with Crippen molar-refractivity contribution in [2.24, 2.45) is 0 Å². The molecule has 0 spiro atoms. The van der Waals surface area contributed by atoms with Gasteiger partial charge in [-0.05, 0) is 23.3 Å². The summed E-state index contributed by atoms with van der Waals surface area (Å²) in [7, 11) is 0. The lowest BCUT2D eigenvalue weighted by molar-refractivity contribution is 0.739. The number of aromatic nitrogens is 4. The third-order valence-corrected chi connectivity index (χ3v) is 3.00. The average molecular weight is 250 g/mol. The van der Waals surface area contributed by atoms with Gasteiger partial charge in [0.25, 0.3) is 0 Å². The second kappa shape index (κ2) is 5.44. The van der Waals surface area contributed by atoms with Crippen molar-refractivity contribution in [1.82, 2.24) is 19.7 Å². The highest BCUT2D eigenvalue weighted by molar-refractivity contribution is 5.19. The van der Waals surface area contributed by atoms with Crippen molar-refractivity contribution in [3.8, 4) is 0 Å². The van der Waals surface area contributed by atoms with E-state index >= 15 is 0 Å². The zero-order valence-corrected chi connectivity index (χ0v) is 10.5. The van der Waals surface area contributed by atoms with Gasteiger partial charge < -0.3 is 4.57 Å². The van der Waals surface area contributed by atoms with E-state index in [4.69, 9.17) is 0 Å². The fourth-order valence-electron chi connectivity index (χ4n) is 2.01. The monoisotopic (exact) mass is 250 g/mol. The van der Waals surface area contributed by atoms with Crippen LogP contribution < -0.4 is 0 Å². The van der Waals surface area contributed by atoms with E-state index in [9.17, 15) is 0 Å². The quantitative estimate of drug-likeness (QED) is 0.713. The first-order valence-electron chi connectivity index (χ1n) is 6.21. The molecule has 0 N–H and O–H groups in total. The summed E-state index contributed by atoms with van der Waals surface area (Å²) < 4.78 is 2.07. The highest BCUT2D eigenvalue weighted by Gasteiger charge is 2.05. The van der Waals surface area contributed by atoms with Crippen molar-refractivity contribution in [3.63, 3.8) is 0 Å². The van der Waals surface area contributed by atoms with Crippen LogP contribution in [0.25, 0.3) is 0 Å². The van der Waals surface area contributed by atoms with Crippen molar-refractivity contribution < 1.29 is 0 Å². The smallest absolute Gasteiger partial charge is 0.137 e. The highest BCUT2D eigenvalue weighted by atomic mass is 15.3. The molecule has 0 atom stereocenters. The highest BCUT2D eigenvalue weighted by Crippen LogP contribution is 2.09. The Morgan fingerprint density at radius 3 is 2.47 bits per heavy atom. The lowest BCUT2D eigenvalue weighted by Crippen LogP contribution is -2.05. The Bertz CT molecular complexity index is 576. The van der Waals surface area contributed by atoms with Crippen LogP contribution in [0.4, 0.5) is 0 Å². The van der Waals surface area contributed by atoms with Gasteiger partial charge in [-0.2, -0.15) is 0 Å². The van der Waals surface area contributed by atoms with E-state index in [-0.39, 0.29) is 0 Å². The molecule has 0 radical (unpaired) electrons. The molecule has 94 valence electrons. The lowest BCUT2D eigenvalue weighted by Gasteiger charge is -2.06. The SMILES string of the molecule is c1ccc(Cc2nncn2Cc2ccncc2)cc1. The number of benzene rings is 1. The molecule has 3 rings (SSSR count). The summed E-state index contributed by atoms with van der Waals surface area (Å²) >= 11 is 0. The van der Waals surface area contributed by atoms with Crippen molar-refractivity contribution in [2.45, 2.75) is 13.0 Å². The molecular formula is C15H14N4. The summed E-state index contributed by atoms with van der Waals surface area (Å²) in [6, 6.07) is 14.3. The molecule has 0 unspecified atom stereocenters. The minimum absolute atomic E-state index is 0.775. The fraction of sp³-hybridized carbons (Fsp3) is 0.133. The molecule has 2 aromatic heterocycles. The van der Waals surface area contributed by atoms with Crippen LogP contribution in [0.1, 0.15) is 17.0 Å². The molecule has 0 aliphatic rings. The molecule has 3 aromatic rings. The van der Waals surface area contributed by atoms with Crippen molar-refractivity contribution >= 4 is 0 Å². The first-order chi connectivity index (χ1) is 9.42. The van der Waals surface area contributed by atoms with Gasteiger partial charge in [0.2, 0.25) is 0 Å². The van der Waals surface area contributed by atoms with Gasteiger partial charge in [0, 0.05) is 18.8 Å². The molecule has 19 heavy (non-hydrogen) atoms. The van der Waals surface area contributed by atoms with Crippen LogP contribution in [-0.2, 0) is 13.0 Å². The summed E-state index contributed by atoms with van der Waals surface area (Å²) in [5.41, 5.74) is 2.44. The molecule has 2 heterocycles. The first kappa shape index (κ1) is 11.6.